The maximum atomic E-state index is 13.7. The molecule has 2 aromatic heterocycles. The van der Waals surface area contributed by atoms with Gasteiger partial charge in [-0.2, -0.15) is 0 Å². The minimum Gasteiger partial charge on any atom is -0.372 e. The number of aryl methyl sites for hydroxylation is 2. The molecule has 36 heavy (non-hydrogen) atoms. The van der Waals surface area contributed by atoms with Gasteiger partial charge in [0.1, 0.15) is 15.8 Å². The molecule has 0 aliphatic carbocycles. The lowest BCUT2D eigenvalue weighted by Gasteiger charge is -2.36. The van der Waals surface area contributed by atoms with Crippen LogP contribution in [0.2, 0.25) is 0 Å². The third-order valence-corrected chi connectivity index (χ3v) is 7.77. The number of anilines is 1. The molecule has 2 aliphatic rings. The maximum absolute atomic E-state index is 13.7. The molecular formula is C27H28N4O3S2. The fraction of sp³-hybridized carbons (Fsp3) is 0.333. The van der Waals surface area contributed by atoms with Crippen LogP contribution in [0.15, 0.2) is 52.3 Å². The standard InChI is InChI=1S/C27H28N4O3S2/c1-16-7-9-20(10-8-16)15-31-26(33)22(36-27(31)35)12-21-24(29-13-18(3)34-19(4)14-29)28-23-17(2)6-5-11-30(23)25(21)32/h5-12,18-19H,13-15H2,1-4H3/b22-12-/t18-,19+. The Morgan fingerprint density at radius 3 is 2.50 bits per heavy atom. The largest absolute Gasteiger partial charge is 0.372 e. The van der Waals surface area contributed by atoms with Crippen LogP contribution in [0.4, 0.5) is 5.82 Å². The average molecular weight is 521 g/mol. The van der Waals surface area contributed by atoms with E-state index in [0.717, 1.165) is 16.7 Å². The van der Waals surface area contributed by atoms with Gasteiger partial charge in [-0.1, -0.05) is 59.9 Å². The number of ether oxygens (including phenoxy) is 1. The van der Waals surface area contributed by atoms with Gasteiger partial charge in [0.25, 0.3) is 11.5 Å². The summed E-state index contributed by atoms with van der Waals surface area (Å²) in [6.45, 7) is 9.59. The van der Waals surface area contributed by atoms with E-state index in [1.165, 1.54) is 11.8 Å². The molecule has 186 valence electrons. The zero-order valence-corrected chi connectivity index (χ0v) is 22.4. The molecular weight excluding hydrogens is 492 g/mol. The third-order valence-electron chi connectivity index (χ3n) is 6.39. The van der Waals surface area contributed by atoms with E-state index in [1.54, 1.807) is 21.6 Å². The SMILES string of the molecule is Cc1ccc(CN2C(=O)/C(=C/c3c(N4C[C@@H](C)O[C@@H](C)C4)nc4c(C)cccn4c3=O)SC2=S)cc1. The number of thiocarbonyl (C=S) groups is 1. The van der Waals surface area contributed by atoms with Crippen LogP contribution in [0.1, 0.15) is 36.1 Å². The summed E-state index contributed by atoms with van der Waals surface area (Å²) in [7, 11) is 0. The van der Waals surface area contributed by atoms with Crippen molar-refractivity contribution in [1.82, 2.24) is 14.3 Å². The van der Waals surface area contributed by atoms with Gasteiger partial charge in [0, 0.05) is 19.3 Å². The van der Waals surface area contributed by atoms with Gasteiger partial charge >= 0.3 is 0 Å². The lowest BCUT2D eigenvalue weighted by atomic mass is 10.1. The van der Waals surface area contributed by atoms with Gasteiger partial charge in [-0.05, 0) is 51.0 Å². The highest BCUT2D eigenvalue weighted by molar-refractivity contribution is 8.26. The molecule has 0 saturated carbocycles. The average Bonchev–Trinajstić information content (AvgIpc) is 3.09. The van der Waals surface area contributed by atoms with Crippen LogP contribution in [0, 0.1) is 13.8 Å². The number of thioether (sulfide) groups is 1. The molecule has 1 aromatic carbocycles. The number of carbonyl (C=O) groups is 1. The van der Waals surface area contributed by atoms with Gasteiger partial charge in [-0.3, -0.25) is 18.9 Å². The van der Waals surface area contributed by atoms with Crippen LogP contribution in [0.3, 0.4) is 0 Å². The van der Waals surface area contributed by atoms with Crippen LogP contribution in [-0.2, 0) is 16.1 Å². The fourth-order valence-corrected chi connectivity index (χ4v) is 5.90. The van der Waals surface area contributed by atoms with Crippen molar-refractivity contribution in [3.8, 4) is 0 Å². The summed E-state index contributed by atoms with van der Waals surface area (Å²) in [5.74, 6) is 0.370. The van der Waals surface area contributed by atoms with E-state index in [9.17, 15) is 9.59 Å². The first kappa shape index (κ1) is 24.7. The Balaban J connectivity index is 1.58. The lowest BCUT2D eigenvalue weighted by molar-refractivity contribution is -0.122. The molecule has 0 bridgehead atoms. The van der Waals surface area contributed by atoms with Crippen LogP contribution in [-0.4, -0.2) is 49.8 Å². The molecule has 2 fully saturated rings. The molecule has 1 amide bonds. The van der Waals surface area contributed by atoms with Gasteiger partial charge in [-0.15, -0.1) is 0 Å². The highest BCUT2D eigenvalue weighted by Crippen LogP contribution is 2.35. The summed E-state index contributed by atoms with van der Waals surface area (Å²) in [5.41, 5.74) is 3.83. The van der Waals surface area contributed by atoms with E-state index >= 15 is 0 Å². The molecule has 2 atom stereocenters. The predicted molar refractivity (Wildman–Crippen MR) is 148 cm³/mol. The number of morpholine rings is 1. The summed E-state index contributed by atoms with van der Waals surface area (Å²) in [4.78, 5) is 36.2. The monoisotopic (exact) mass is 520 g/mol. The molecule has 0 unspecified atom stereocenters. The van der Waals surface area contributed by atoms with Crippen molar-refractivity contribution in [2.24, 2.45) is 0 Å². The van der Waals surface area contributed by atoms with Crippen LogP contribution in [0.25, 0.3) is 11.7 Å². The van der Waals surface area contributed by atoms with Crippen molar-refractivity contribution in [3.05, 3.63) is 80.1 Å². The van der Waals surface area contributed by atoms with Gasteiger partial charge in [-0.25, -0.2) is 4.98 Å². The first-order valence-corrected chi connectivity index (χ1v) is 13.2. The zero-order chi connectivity index (χ0) is 25.6. The van der Waals surface area contributed by atoms with Crippen LogP contribution >= 0.6 is 24.0 Å². The van der Waals surface area contributed by atoms with Crippen molar-refractivity contribution >= 4 is 51.7 Å². The Morgan fingerprint density at radius 2 is 1.81 bits per heavy atom. The Morgan fingerprint density at radius 1 is 1.11 bits per heavy atom. The Hall–Kier alpha value is -3.01. The minimum atomic E-state index is -0.214. The summed E-state index contributed by atoms with van der Waals surface area (Å²) < 4.78 is 7.94. The van der Waals surface area contributed by atoms with Crippen molar-refractivity contribution in [3.63, 3.8) is 0 Å². The number of aromatic nitrogens is 2. The Kier molecular flexibility index (Phi) is 6.72. The number of amides is 1. The molecule has 3 aromatic rings. The van der Waals surface area contributed by atoms with Crippen molar-refractivity contribution in [2.45, 2.75) is 46.4 Å². The highest BCUT2D eigenvalue weighted by atomic mass is 32.2. The van der Waals surface area contributed by atoms with Crippen molar-refractivity contribution in [1.29, 1.82) is 0 Å². The summed E-state index contributed by atoms with van der Waals surface area (Å²) in [6.07, 6.45) is 3.36. The van der Waals surface area contributed by atoms with Gasteiger partial charge in [0.15, 0.2) is 0 Å². The quantitative estimate of drug-likeness (QED) is 0.375. The number of carbonyl (C=O) groups excluding carboxylic acids is 1. The molecule has 0 spiro atoms. The number of rotatable bonds is 4. The van der Waals surface area contributed by atoms with E-state index in [1.807, 2.05) is 64.1 Å². The van der Waals surface area contributed by atoms with Crippen molar-refractivity contribution < 1.29 is 9.53 Å². The molecule has 2 saturated heterocycles. The van der Waals surface area contributed by atoms with Crippen LogP contribution < -0.4 is 10.5 Å². The molecule has 0 radical (unpaired) electrons. The minimum absolute atomic E-state index is 0.00792. The first-order valence-electron chi connectivity index (χ1n) is 11.9. The normalized spacial score (nSPS) is 21.7. The lowest BCUT2D eigenvalue weighted by Crippen LogP contribution is -2.46. The molecule has 9 heteroatoms. The molecule has 4 heterocycles. The van der Waals surface area contributed by atoms with Crippen molar-refractivity contribution in [2.75, 3.05) is 18.0 Å². The molecule has 0 N–H and O–H groups in total. The number of benzene rings is 1. The number of hydrogen-bond donors (Lipinski definition) is 0. The van der Waals surface area contributed by atoms with Gasteiger partial charge < -0.3 is 9.64 Å². The fourth-order valence-electron chi connectivity index (χ4n) is 4.66. The summed E-state index contributed by atoms with van der Waals surface area (Å²) >= 11 is 6.78. The number of pyridine rings is 1. The summed E-state index contributed by atoms with van der Waals surface area (Å²) in [6, 6.07) is 11.8. The van der Waals surface area contributed by atoms with E-state index in [0.29, 0.717) is 45.9 Å². The third kappa shape index (κ3) is 4.70. The number of nitrogens with zero attached hydrogens (tertiary/aromatic N) is 4. The van der Waals surface area contributed by atoms with Crippen LogP contribution in [0.5, 0.6) is 0 Å². The Labute approximate surface area is 219 Å². The number of fused-ring (bicyclic) bond motifs is 1. The van der Waals surface area contributed by atoms with E-state index in [-0.39, 0.29) is 23.7 Å². The summed E-state index contributed by atoms with van der Waals surface area (Å²) in [5, 5.41) is 0. The maximum Gasteiger partial charge on any atom is 0.267 e. The Bertz CT molecular complexity index is 1440. The second kappa shape index (κ2) is 9.80. The smallest absolute Gasteiger partial charge is 0.267 e. The second-order valence-corrected chi connectivity index (χ2v) is 11.1. The predicted octanol–water partition coefficient (Wildman–Crippen LogP) is 4.33. The first-order chi connectivity index (χ1) is 17.2. The zero-order valence-electron chi connectivity index (χ0n) is 20.7. The molecule has 2 aliphatic heterocycles. The topological polar surface area (TPSA) is 67.2 Å². The van der Waals surface area contributed by atoms with E-state index < -0.39 is 0 Å². The van der Waals surface area contributed by atoms with Gasteiger partial charge in [0.2, 0.25) is 0 Å². The van der Waals surface area contributed by atoms with Gasteiger partial charge in [0.05, 0.1) is 29.2 Å². The van der Waals surface area contributed by atoms with E-state index in [4.69, 9.17) is 21.9 Å². The van der Waals surface area contributed by atoms with E-state index in [2.05, 4.69) is 4.90 Å². The second-order valence-electron chi connectivity index (χ2n) is 9.45. The number of hydrogen-bond acceptors (Lipinski definition) is 7. The molecule has 7 nitrogen and oxygen atoms in total. The highest BCUT2D eigenvalue weighted by Gasteiger charge is 2.33. The molecule has 5 rings (SSSR count).